The number of carboxylic acids is 5. The fraction of sp³-hybridized carbons (Fsp3) is 0.513. The summed E-state index contributed by atoms with van der Waals surface area (Å²) in [7, 11) is 0. The summed E-state index contributed by atoms with van der Waals surface area (Å²) < 4.78 is 0. The SMILES string of the molecule is CCCCCCCCCCCCc1cnc(-c2ccc([C@@](C)(Cl)C(=O)O)cc2)nc1.CCCCCCCCCCCc1cnc(-c2ccc([C@@](C)(Cl)C(=O)O)cc2)nc1.CCCCCCCCCCc1cnc(-c2ccc([C@@](C)(Cl)C(=O)O)cc2)nc1.CCCCCCCCc1cnc(-c2ccc([C@@](C)(Cl)C(=O)O)cc2)nc1.CCCCCCCc1cnc(-c2ccc([C@@](C)(Cl)C(=O)O)cc2)nc1. The molecule has 0 bridgehead atoms. The number of aryl methyl sites for hydroxylation is 5. The average molecular weight is 1990 g/mol. The van der Waals surface area contributed by atoms with Gasteiger partial charge in [0.25, 0.3) is 0 Å². The number of carbonyl (C=O) groups is 5. The van der Waals surface area contributed by atoms with Gasteiger partial charge in [-0.05, 0) is 154 Å². The molecule has 25 heteroatoms. The van der Waals surface area contributed by atoms with Gasteiger partial charge in [0.15, 0.2) is 53.5 Å². The molecule has 0 amide bonds. The molecular weight excluding hydrogens is 1830 g/mol. The highest BCUT2D eigenvalue weighted by Crippen LogP contribution is 2.36. The Hall–Kier alpha value is -9.70. The molecule has 5 heterocycles. The lowest BCUT2D eigenvalue weighted by Gasteiger charge is -2.17. The maximum absolute atomic E-state index is 11.3. The molecule has 0 saturated carbocycles. The molecular formula is C113H151Cl5N10O10. The first-order chi connectivity index (χ1) is 66.2. The van der Waals surface area contributed by atoms with Crippen molar-refractivity contribution in [2.45, 2.75) is 370 Å². The Morgan fingerprint density at radius 1 is 0.196 bits per heavy atom. The Labute approximate surface area is 846 Å². The van der Waals surface area contributed by atoms with Gasteiger partial charge in [-0.1, -0.05) is 368 Å². The van der Waals surface area contributed by atoms with E-state index in [1.807, 2.05) is 110 Å². The number of aromatic nitrogens is 10. The third-order valence-electron chi connectivity index (χ3n) is 25.1. The highest BCUT2D eigenvalue weighted by molar-refractivity contribution is 6.35. The molecule has 5 atom stereocenters. The van der Waals surface area contributed by atoms with Gasteiger partial charge < -0.3 is 25.5 Å². The second-order valence-electron chi connectivity index (χ2n) is 36.9. The number of halogens is 5. The molecule has 5 aromatic carbocycles. The van der Waals surface area contributed by atoms with Crippen molar-refractivity contribution in [3.63, 3.8) is 0 Å². The molecule has 0 fully saturated rings. The number of nitrogens with zero attached hydrogens (tertiary/aromatic N) is 10. The van der Waals surface area contributed by atoms with Gasteiger partial charge in [-0.2, -0.15) is 0 Å². The standard InChI is InChI=1S/C25H35ClN2O2.C24H33ClN2O2.C23H31ClN2O2.C21H27ClN2O2.C20H25ClN2O2/c1-3-4-5-6-7-8-9-10-11-12-13-20-18-27-23(28-19-20)21-14-16-22(17-15-21)25(2,26)24(29)30;1-3-4-5-6-7-8-9-10-11-12-19-17-26-22(27-18-19)20-13-15-21(16-14-20)24(2,25)23(28)29;1-3-4-5-6-7-8-9-10-11-18-16-25-21(26-17-18)19-12-14-20(15-13-19)23(2,24)22(27)28;1-3-4-5-6-7-8-9-16-14-23-19(24-15-16)17-10-12-18(13-11-17)21(2,22)20(25)26;1-3-4-5-6-7-8-15-13-22-18(23-14-15)16-9-11-17(12-10-16)20(2,21)19(24)25/h14-19H,3-13H2,1-2H3,(H,29,30);13-18H,3-12H2,1-2H3,(H,28,29);12-17H,3-11H2,1-2H3,(H,27,28);10-15H,3-9H2,1-2H3,(H,25,26);9-14H,3-8H2,1-2H3,(H,24,25)/t25-;24-;23-;21-;20-/m11111/s1. The van der Waals surface area contributed by atoms with E-state index >= 15 is 0 Å². The van der Waals surface area contributed by atoms with E-state index < -0.39 is 54.2 Å². The molecule has 0 spiro atoms. The molecule has 0 saturated heterocycles. The monoisotopic (exact) mass is 1980 g/mol. The van der Waals surface area contributed by atoms with Crippen LogP contribution in [0.3, 0.4) is 0 Å². The predicted octanol–water partition coefficient (Wildman–Crippen LogP) is 31.0. The molecule has 10 rings (SSSR count). The smallest absolute Gasteiger partial charge is 0.329 e. The third-order valence-corrected chi connectivity index (χ3v) is 27.0. The van der Waals surface area contributed by atoms with E-state index in [1.165, 1.54) is 279 Å². The molecule has 10 aromatic rings. The highest BCUT2D eigenvalue weighted by Gasteiger charge is 2.37. The zero-order valence-electron chi connectivity index (χ0n) is 83.4. The summed E-state index contributed by atoms with van der Waals surface area (Å²) >= 11 is 30.4. The zero-order chi connectivity index (χ0) is 101. The van der Waals surface area contributed by atoms with Crippen LogP contribution >= 0.6 is 58.0 Å². The Bertz CT molecular complexity index is 5090. The number of unbranched alkanes of at least 4 members (excludes halogenated alkanes) is 33. The van der Waals surface area contributed by atoms with Gasteiger partial charge in [-0.3, -0.25) is 0 Å². The van der Waals surface area contributed by atoms with Crippen LogP contribution in [0.4, 0.5) is 0 Å². The van der Waals surface area contributed by atoms with Crippen LogP contribution in [0.15, 0.2) is 183 Å². The van der Waals surface area contributed by atoms with Crippen LogP contribution < -0.4 is 0 Å². The second kappa shape index (κ2) is 63.9. The number of rotatable bonds is 58. The van der Waals surface area contributed by atoms with Gasteiger partial charge in [0.2, 0.25) is 0 Å². The van der Waals surface area contributed by atoms with Gasteiger partial charge in [0.05, 0.1) is 0 Å². The molecule has 0 unspecified atom stereocenters. The van der Waals surface area contributed by atoms with E-state index in [2.05, 4.69) is 84.5 Å². The van der Waals surface area contributed by atoms with E-state index in [4.69, 9.17) is 58.0 Å². The maximum Gasteiger partial charge on any atom is 0.329 e. The molecule has 0 aliphatic carbocycles. The molecule has 5 aromatic heterocycles. The molecule has 5 N–H and O–H groups in total. The summed E-state index contributed by atoms with van der Waals surface area (Å²) in [5, 5.41) is 46.0. The fourth-order valence-corrected chi connectivity index (χ4v) is 16.0. The van der Waals surface area contributed by atoms with Crippen LogP contribution in [0.2, 0.25) is 0 Å². The fourth-order valence-electron chi connectivity index (χ4n) is 15.4. The van der Waals surface area contributed by atoms with Gasteiger partial charge in [-0.25, -0.2) is 73.8 Å². The third kappa shape index (κ3) is 41.6. The lowest BCUT2D eigenvalue weighted by molar-refractivity contribution is -0.140. The van der Waals surface area contributed by atoms with E-state index in [1.54, 1.807) is 72.8 Å². The zero-order valence-corrected chi connectivity index (χ0v) is 87.1. The number of aliphatic carboxylic acids is 5. The molecule has 0 aliphatic rings. The molecule has 20 nitrogen and oxygen atoms in total. The quantitative estimate of drug-likeness (QED) is 0.0175. The summed E-state index contributed by atoms with van der Waals surface area (Å²) in [6, 6.07) is 35.3. The van der Waals surface area contributed by atoms with Gasteiger partial charge in [0, 0.05) is 89.8 Å². The van der Waals surface area contributed by atoms with E-state index in [9.17, 15) is 49.5 Å². The second-order valence-corrected chi connectivity index (χ2v) is 40.7. The van der Waals surface area contributed by atoms with Crippen molar-refractivity contribution < 1.29 is 49.5 Å². The van der Waals surface area contributed by atoms with Crippen LogP contribution in [0.25, 0.3) is 56.9 Å². The minimum Gasteiger partial charge on any atom is -0.480 e. The highest BCUT2D eigenvalue weighted by atomic mass is 35.5. The summed E-state index contributed by atoms with van der Waals surface area (Å²) in [6.07, 6.45) is 73.5. The average Bonchev–Trinajstić information content (AvgIpc) is 0.831. The minimum absolute atomic E-state index is 0.536. The van der Waals surface area contributed by atoms with Crippen LogP contribution in [0.5, 0.6) is 0 Å². The van der Waals surface area contributed by atoms with Crippen LogP contribution in [-0.4, -0.2) is 105 Å². The van der Waals surface area contributed by atoms with Crippen LogP contribution in [0.1, 0.15) is 369 Å². The summed E-state index contributed by atoms with van der Waals surface area (Å²) in [6.45, 7) is 18.6. The number of carboxylic acid groups (broad SMARTS) is 5. The normalized spacial score (nSPS) is 13.3. The predicted molar refractivity (Wildman–Crippen MR) is 564 cm³/mol. The first-order valence-corrected chi connectivity index (χ1v) is 52.3. The largest absolute Gasteiger partial charge is 0.480 e. The van der Waals surface area contributed by atoms with Crippen LogP contribution in [-0.2, 0) is 80.4 Å². The summed E-state index contributed by atoms with van der Waals surface area (Å²) in [5.41, 5.74) is 12.7. The van der Waals surface area contributed by atoms with E-state index in [0.717, 1.165) is 87.7 Å². The lowest BCUT2D eigenvalue weighted by atomic mass is 9.99. The Kier molecular flexibility index (Phi) is 54.2. The molecule has 748 valence electrons. The first kappa shape index (κ1) is 117. The van der Waals surface area contributed by atoms with Gasteiger partial charge >= 0.3 is 29.8 Å². The Morgan fingerprint density at radius 3 is 0.413 bits per heavy atom. The minimum atomic E-state index is -1.43. The van der Waals surface area contributed by atoms with E-state index in [-0.39, 0.29) is 0 Å². The summed E-state index contributed by atoms with van der Waals surface area (Å²) in [4.78, 5) is 93.6. The van der Waals surface area contributed by atoms with Gasteiger partial charge in [0.1, 0.15) is 0 Å². The Balaban J connectivity index is 0.000000265. The number of hydrogen-bond donors (Lipinski definition) is 5. The lowest BCUT2D eigenvalue weighted by Crippen LogP contribution is -2.25. The first-order valence-electron chi connectivity index (χ1n) is 50.4. The van der Waals surface area contributed by atoms with Gasteiger partial charge in [-0.15, -0.1) is 58.0 Å². The van der Waals surface area contributed by atoms with Crippen molar-refractivity contribution in [2.24, 2.45) is 0 Å². The Morgan fingerprint density at radius 2 is 0.304 bits per heavy atom. The van der Waals surface area contributed by atoms with Crippen molar-refractivity contribution in [1.29, 1.82) is 0 Å². The number of benzene rings is 5. The van der Waals surface area contributed by atoms with Crippen molar-refractivity contribution in [3.05, 3.63) is 239 Å². The number of alkyl halides is 5. The number of hydrogen-bond acceptors (Lipinski definition) is 15. The van der Waals surface area contributed by atoms with Crippen molar-refractivity contribution in [1.82, 2.24) is 49.8 Å². The molecule has 0 aliphatic heterocycles. The molecule has 0 radical (unpaired) electrons. The van der Waals surface area contributed by atoms with E-state index in [0.29, 0.717) is 56.9 Å². The van der Waals surface area contributed by atoms with Crippen molar-refractivity contribution in [3.8, 4) is 56.9 Å². The molecule has 138 heavy (non-hydrogen) atoms. The maximum atomic E-state index is 11.3. The van der Waals surface area contributed by atoms with Crippen LogP contribution in [0, 0.1) is 0 Å². The van der Waals surface area contributed by atoms with Crippen molar-refractivity contribution >= 4 is 87.9 Å². The topological polar surface area (TPSA) is 315 Å². The van der Waals surface area contributed by atoms with Crippen molar-refractivity contribution in [2.75, 3.05) is 0 Å². The summed E-state index contributed by atoms with van der Waals surface area (Å²) in [5.74, 6) is -2.15.